The van der Waals surface area contributed by atoms with Gasteiger partial charge >= 0.3 is 0 Å². The summed E-state index contributed by atoms with van der Waals surface area (Å²) in [7, 11) is 0. The van der Waals surface area contributed by atoms with Gasteiger partial charge in [-0.15, -0.1) is 0 Å². The molecule has 2 aromatic rings. The highest BCUT2D eigenvalue weighted by molar-refractivity contribution is 5.54. The molecule has 3 heteroatoms. The number of hydrogen-bond acceptors (Lipinski definition) is 2. The first kappa shape index (κ1) is 8.56. The maximum absolute atomic E-state index is 7.72. The fourth-order valence-corrected chi connectivity index (χ4v) is 2.95. The number of hydrogen-bond donors (Lipinski definition) is 0. The Balaban J connectivity index is 1.62. The van der Waals surface area contributed by atoms with E-state index in [4.69, 9.17) is 1.37 Å². The van der Waals surface area contributed by atoms with E-state index < -0.39 is 0 Å². The van der Waals surface area contributed by atoms with E-state index in [-0.39, 0.29) is 0 Å². The second-order valence-corrected chi connectivity index (χ2v) is 5.49. The van der Waals surface area contributed by atoms with E-state index in [0.29, 0.717) is 6.04 Å². The summed E-state index contributed by atoms with van der Waals surface area (Å²) in [5.74, 6) is 0. The summed E-state index contributed by atoms with van der Waals surface area (Å²) >= 11 is 0. The van der Waals surface area contributed by atoms with Gasteiger partial charge in [-0.25, -0.2) is 4.52 Å². The summed E-state index contributed by atoms with van der Waals surface area (Å²) in [6.45, 7) is 2.33. The van der Waals surface area contributed by atoms with Crippen LogP contribution in [0.5, 0.6) is 0 Å². The first-order valence-corrected chi connectivity index (χ1v) is 6.45. The summed E-state index contributed by atoms with van der Waals surface area (Å²) in [4.78, 5) is 2.45. The predicted octanol–water partition coefficient (Wildman–Crippen LogP) is 2.71. The van der Waals surface area contributed by atoms with E-state index in [1.165, 1.54) is 44.5 Å². The van der Waals surface area contributed by atoms with Crippen molar-refractivity contribution in [2.24, 2.45) is 5.41 Å². The fraction of sp³-hybridized carbons (Fsp3) is 0.500. The topological polar surface area (TPSA) is 20.5 Å². The van der Waals surface area contributed by atoms with E-state index in [2.05, 4.69) is 22.3 Å². The van der Waals surface area contributed by atoms with Crippen LogP contribution >= 0.6 is 0 Å². The SMILES string of the molecule is [2H]c1cnn2cc(N3CCC4(CC3)CC4)ccc12. The van der Waals surface area contributed by atoms with Crippen molar-refractivity contribution in [3.63, 3.8) is 0 Å². The summed E-state index contributed by atoms with van der Waals surface area (Å²) in [5, 5.41) is 4.22. The predicted molar refractivity (Wildman–Crippen MR) is 68.3 cm³/mol. The quantitative estimate of drug-likeness (QED) is 0.748. The van der Waals surface area contributed by atoms with Crippen LogP contribution in [0.3, 0.4) is 0 Å². The molecule has 2 aromatic heterocycles. The van der Waals surface area contributed by atoms with Crippen LogP contribution in [0.25, 0.3) is 5.52 Å². The Bertz CT molecular complexity index is 590. The highest BCUT2D eigenvalue weighted by Crippen LogP contribution is 2.53. The van der Waals surface area contributed by atoms with Gasteiger partial charge in [0.2, 0.25) is 0 Å². The van der Waals surface area contributed by atoms with Crippen molar-refractivity contribution < 1.29 is 1.37 Å². The molecule has 1 aliphatic carbocycles. The second-order valence-electron chi connectivity index (χ2n) is 5.49. The average molecular weight is 228 g/mol. The number of fused-ring (bicyclic) bond motifs is 1. The van der Waals surface area contributed by atoms with Crippen LogP contribution in [-0.4, -0.2) is 22.7 Å². The fourth-order valence-electron chi connectivity index (χ4n) is 2.95. The Kier molecular flexibility index (Phi) is 1.64. The zero-order valence-electron chi connectivity index (χ0n) is 10.9. The molecule has 0 atom stereocenters. The molecule has 0 unspecified atom stereocenters. The molecule has 0 aromatic carbocycles. The van der Waals surface area contributed by atoms with Crippen LogP contribution in [0.2, 0.25) is 0 Å². The van der Waals surface area contributed by atoms with Crippen LogP contribution in [0, 0.1) is 5.41 Å². The van der Waals surface area contributed by atoms with Crippen molar-refractivity contribution in [1.29, 1.82) is 0 Å². The molecule has 0 amide bonds. The summed E-state index contributed by atoms with van der Waals surface area (Å²) < 4.78 is 9.54. The molecule has 1 spiro atoms. The van der Waals surface area contributed by atoms with Crippen molar-refractivity contribution in [3.8, 4) is 0 Å². The number of nitrogens with zero attached hydrogens (tertiary/aromatic N) is 3. The minimum atomic E-state index is 0.497. The second kappa shape index (κ2) is 3.25. The zero-order chi connectivity index (χ0) is 12.2. The van der Waals surface area contributed by atoms with E-state index in [0.717, 1.165) is 10.9 Å². The Hall–Kier alpha value is -1.51. The van der Waals surface area contributed by atoms with Crippen LogP contribution in [0.15, 0.2) is 30.6 Å². The Morgan fingerprint density at radius 1 is 1.18 bits per heavy atom. The minimum absolute atomic E-state index is 0.497. The summed E-state index contributed by atoms with van der Waals surface area (Å²) in [6, 6.07) is 4.63. The molecule has 1 aliphatic heterocycles. The lowest BCUT2D eigenvalue weighted by Crippen LogP contribution is -2.34. The van der Waals surface area contributed by atoms with Gasteiger partial charge in [-0.3, -0.25) is 0 Å². The minimum Gasteiger partial charge on any atom is -0.370 e. The number of piperidine rings is 1. The molecule has 3 heterocycles. The Labute approximate surface area is 102 Å². The molecule has 17 heavy (non-hydrogen) atoms. The smallest absolute Gasteiger partial charge is 0.0663 e. The number of rotatable bonds is 1. The highest BCUT2D eigenvalue weighted by atomic mass is 15.2. The molecule has 2 aliphatic rings. The lowest BCUT2D eigenvalue weighted by molar-refractivity contribution is 0.384. The first-order chi connectivity index (χ1) is 8.76. The van der Waals surface area contributed by atoms with E-state index in [1.807, 2.05) is 10.6 Å². The molecule has 1 saturated carbocycles. The largest absolute Gasteiger partial charge is 0.370 e. The molecular formula is C14H17N3. The first-order valence-electron chi connectivity index (χ1n) is 6.95. The van der Waals surface area contributed by atoms with Gasteiger partial charge < -0.3 is 4.90 Å². The van der Waals surface area contributed by atoms with Crippen molar-refractivity contribution in [2.75, 3.05) is 18.0 Å². The van der Waals surface area contributed by atoms with Crippen LogP contribution in [-0.2, 0) is 0 Å². The van der Waals surface area contributed by atoms with Gasteiger partial charge in [-0.1, -0.05) is 0 Å². The number of anilines is 1. The monoisotopic (exact) mass is 228 g/mol. The van der Waals surface area contributed by atoms with Gasteiger partial charge in [0, 0.05) is 19.3 Å². The van der Waals surface area contributed by atoms with Gasteiger partial charge in [0.15, 0.2) is 0 Å². The van der Waals surface area contributed by atoms with Crippen molar-refractivity contribution >= 4 is 11.2 Å². The van der Waals surface area contributed by atoms with Gasteiger partial charge in [0.1, 0.15) is 0 Å². The van der Waals surface area contributed by atoms with Gasteiger partial charge in [0.05, 0.1) is 18.8 Å². The molecule has 0 bridgehead atoms. The van der Waals surface area contributed by atoms with Gasteiger partial charge in [0.25, 0.3) is 0 Å². The number of aromatic nitrogens is 2. The molecule has 3 nitrogen and oxygen atoms in total. The summed E-state index contributed by atoms with van der Waals surface area (Å²) in [5.41, 5.74) is 2.84. The van der Waals surface area contributed by atoms with Crippen molar-refractivity contribution in [1.82, 2.24) is 9.61 Å². The van der Waals surface area contributed by atoms with Crippen LogP contribution < -0.4 is 4.90 Å². The third-order valence-corrected chi connectivity index (χ3v) is 4.45. The Morgan fingerprint density at radius 2 is 2.00 bits per heavy atom. The van der Waals surface area contributed by atoms with E-state index in [9.17, 15) is 0 Å². The van der Waals surface area contributed by atoms with Crippen LogP contribution in [0.4, 0.5) is 5.69 Å². The van der Waals surface area contributed by atoms with Gasteiger partial charge in [-0.05, 0) is 49.3 Å². The Morgan fingerprint density at radius 3 is 2.76 bits per heavy atom. The third kappa shape index (κ3) is 1.53. The average Bonchev–Trinajstić information content (AvgIpc) is 3.06. The summed E-state index contributed by atoms with van der Waals surface area (Å²) in [6.07, 6.45) is 9.23. The van der Waals surface area contributed by atoms with E-state index >= 15 is 0 Å². The van der Waals surface area contributed by atoms with Crippen LogP contribution in [0.1, 0.15) is 27.1 Å². The molecule has 0 radical (unpaired) electrons. The molecular weight excluding hydrogens is 210 g/mol. The maximum Gasteiger partial charge on any atom is 0.0663 e. The zero-order valence-corrected chi connectivity index (χ0v) is 9.89. The lowest BCUT2D eigenvalue weighted by Gasteiger charge is -2.33. The molecule has 4 rings (SSSR count). The normalized spacial score (nSPS) is 23.1. The van der Waals surface area contributed by atoms with Crippen molar-refractivity contribution in [3.05, 3.63) is 30.6 Å². The van der Waals surface area contributed by atoms with E-state index in [1.54, 1.807) is 6.20 Å². The highest BCUT2D eigenvalue weighted by Gasteiger charge is 2.44. The molecule has 88 valence electrons. The molecule has 0 N–H and O–H groups in total. The van der Waals surface area contributed by atoms with Crippen molar-refractivity contribution in [2.45, 2.75) is 25.7 Å². The third-order valence-electron chi connectivity index (χ3n) is 4.45. The molecule has 1 saturated heterocycles. The standard InChI is InChI=1S/C14H17N3/c1-2-13(11-17-12(1)3-8-15-17)16-9-6-14(4-5-14)7-10-16/h1-3,8,11H,4-7,9-10H2/i3D. The van der Waals surface area contributed by atoms with Gasteiger partial charge in [-0.2, -0.15) is 5.10 Å². The lowest BCUT2D eigenvalue weighted by atomic mass is 9.93. The molecule has 2 fully saturated rings. The number of pyridine rings is 1. The maximum atomic E-state index is 7.72.